The van der Waals surface area contributed by atoms with Gasteiger partial charge in [0.05, 0.1) is 7.11 Å². The van der Waals surface area contributed by atoms with Crippen LogP contribution in [0.4, 0.5) is 17.6 Å². The number of hydrogen-bond donors (Lipinski definition) is 0. The van der Waals surface area contributed by atoms with Crippen LogP contribution in [-0.4, -0.2) is 7.11 Å². The van der Waals surface area contributed by atoms with Crippen LogP contribution in [0.25, 0.3) is 0 Å². The van der Waals surface area contributed by atoms with Crippen LogP contribution < -0.4 is 4.74 Å². The highest BCUT2D eigenvalue weighted by Gasteiger charge is 2.18. The Morgan fingerprint density at radius 2 is 1.58 bits per heavy atom. The molecule has 0 unspecified atom stereocenters. The molecule has 0 aliphatic carbocycles. The maximum Gasteiger partial charge on any atom is 0.206 e. The van der Waals surface area contributed by atoms with Gasteiger partial charge in [-0.2, -0.15) is 4.39 Å². The van der Waals surface area contributed by atoms with Gasteiger partial charge >= 0.3 is 0 Å². The summed E-state index contributed by atoms with van der Waals surface area (Å²) < 4.78 is 53.8. The van der Waals surface area contributed by atoms with Gasteiger partial charge in [-0.05, 0) is 0 Å². The summed E-state index contributed by atoms with van der Waals surface area (Å²) in [6.07, 6.45) is 0. The van der Waals surface area contributed by atoms with E-state index in [2.05, 4.69) is 4.74 Å². The molecule has 0 aromatic heterocycles. The van der Waals surface area contributed by atoms with Crippen LogP contribution in [0.1, 0.15) is 0 Å². The van der Waals surface area contributed by atoms with E-state index in [0.29, 0.717) is 0 Å². The van der Waals surface area contributed by atoms with E-state index in [1.807, 2.05) is 0 Å². The number of ether oxygens (including phenoxy) is 1. The molecule has 0 spiro atoms. The smallest absolute Gasteiger partial charge is 0.206 e. The van der Waals surface area contributed by atoms with Crippen molar-refractivity contribution >= 4 is 0 Å². The van der Waals surface area contributed by atoms with E-state index in [0.717, 1.165) is 7.11 Å². The fourth-order valence-electron chi connectivity index (χ4n) is 0.737. The number of hydrogen-bond acceptors (Lipinski definition) is 1. The number of benzene rings is 1. The highest BCUT2D eigenvalue weighted by molar-refractivity contribution is 5.28. The van der Waals surface area contributed by atoms with E-state index in [9.17, 15) is 17.6 Å². The summed E-state index contributed by atoms with van der Waals surface area (Å²) in [5.41, 5.74) is 0. The topological polar surface area (TPSA) is 9.23 Å². The second-order valence-electron chi connectivity index (χ2n) is 2.00. The van der Waals surface area contributed by atoms with Crippen LogP contribution >= 0.6 is 0 Å². The zero-order valence-electron chi connectivity index (χ0n) is 6.00. The predicted octanol–water partition coefficient (Wildman–Crippen LogP) is 2.25. The normalized spacial score (nSPS) is 10.1. The van der Waals surface area contributed by atoms with Gasteiger partial charge in [-0.25, -0.2) is 13.2 Å². The van der Waals surface area contributed by atoms with Gasteiger partial charge in [0.1, 0.15) is 0 Å². The minimum absolute atomic E-state index is 0.219. The molecule has 0 N–H and O–H groups in total. The molecular formula is C7H4F4O. The Kier molecular flexibility index (Phi) is 2.21. The fraction of sp³-hybridized carbons (Fsp3) is 0.143. The Balaban J connectivity index is 3.40. The minimum Gasteiger partial charge on any atom is -0.491 e. The highest BCUT2D eigenvalue weighted by Crippen LogP contribution is 2.25. The average Bonchev–Trinajstić information content (AvgIpc) is 2.01. The lowest BCUT2D eigenvalue weighted by Gasteiger charge is -2.03. The zero-order chi connectivity index (χ0) is 9.30. The van der Waals surface area contributed by atoms with Crippen LogP contribution in [0.2, 0.25) is 0 Å². The molecule has 1 aromatic carbocycles. The van der Waals surface area contributed by atoms with Crippen LogP contribution in [0.3, 0.4) is 0 Å². The first-order chi connectivity index (χ1) is 5.57. The molecule has 0 saturated heterocycles. The van der Waals surface area contributed by atoms with Gasteiger partial charge in [-0.15, -0.1) is 0 Å². The largest absolute Gasteiger partial charge is 0.491 e. The lowest BCUT2D eigenvalue weighted by Crippen LogP contribution is -1.98. The van der Waals surface area contributed by atoms with Crippen molar-refractivity contribution in [2.24, 2.45) is 0 Å². The van der Waals surface area contributed by atoms with Crippen molar-refractivity contribution in [3.63, 3.8) is 0 Å². The van der Waals surface area contributed by atoms with Crippen molar-refractivity contribution in [2.45, 2.75) is 0 Å². The molecule has 66 valence electrons. The first-order valence-corrected chi connectivity index (χ1v) is 2.95. The first-order valence-electron chi connectivity index (χ1n) is 2.95. The third kappa shape index (κ3) is 1.22. The van der Waals surface area contributed by atoms with Crippen LogP contribution in [0.15, 0.2) is 6.07 Å². The number of rotatable bonds is 1. The van der Waals surface area contributed by atoms with Crippen LogP contribution in [0.5, 0.6) is 5.75 Å². The van der Waals surface area contributed by atoms with E-state index in [1.54, 1.807) is 0 Å². The van der Waals surface area contributed by atoms with Gasteiger partial charge in [-0.1, -0.05) is 0 Å². The van der Waals surface area contributed by atoms with Crippen molar-refractivity contribution < 1.29 is 22.3 Å². The predicted molar refractivity (Wildman–Crippen MR) is 32.8 cm³/mol. The average molecular weight is 180 g/mol. The van der Waals surface area contributed by atoms with Crippen molar-refractivity contribution in [3.8, 4) is 5.75 Å². The maximum atomic E-state index is 12.5. The van der Waals surface area contributed by atoms with Crippen molar-refractivity contribution in [1.29, 1.82) is 0 Å². The fourth-order valence-corrected chi connectivity index (χ4v) is 0.737. The van der Waals surface area contributed by atoms with Crippen molar-refractivity contribution in [1.82, 2.24) is 0 Å². The van der Waals surface area contributed by atoms with Gasteiger partial charge in [-0.3, -0.25) is 0 Å². The summed E-state index contributed by atoms with van der Waals surface area (Å²) in [5.74, 6) is -7.17. The van der Waals surface area contributed by atoms with Gasteiger partial charge < -0.3 is 4.74 Å². The summed E-state index contributed by atoms with van der Waals surface area (Å²) >= 11 is 0. The SMILES string of the molecule is COc1c(F)cc(F)c(F)c1F. The van der Waals surface area contributed by atoms with E-state index >= 15 is 0 Å². The standard InChI is InChI=1S/C7H4F4O/c1-12-7-4(9)2-3(8)5(10)6(7)11/h2H,1H3. The Morgan fingerprint density at radius 1 is 1.00 bits per heavy atom. The Hall–Kier alpha value is -1.26. The Morgan fingerprint density at radius 3 is 2.08 bits per heavy atom. The van der Waals surface area contributed by atoms with E-state index in [4.69, 9.17) is 0 Å². The van der Waals surface area contributed by atoms with E-state index in [-0.39, 0.29) is 6.07 Å². The van der Waals surface area contributed by atoms with Gasteiger partial charge in [0.2, 0.25) is 5.82 Å². The second-order valence-corrected chi connectivity index (χ2v) is 2.00. The minimum atomic E-state index is -1.74. The molecule has 0 amide bonds. The van der Waals surface area contributed by atoms with E-state index in [1.165, 1.54) is 0 Å². The molecule has 0 atom stereocenters. The summed E-state index contributed by atoms with van der Waals surface area (Å²) in [7, 11) is 0.957. The number of methoxy groups -OCH3 is 1. The van der Waals surface area contributed by atoms with Gasteiger partial charge in [0.25, 0.3) is 0 Å². The molecule has 0 saturated carbocycles. The summed E-state index contributed by atoms with van der Waals surface area (Å²) in [4.78, 5) is 0. The summed E-state index contributed by atoms with van der Waals surface area (Å²) in [6.45, 7) is 0. The molecule has 1 aromatic rings. The zero-order valence-corrected chi connectivity index (χ0v) is 6.00. The lowest BCUT2D eigenvalue weighted by atomic mass is 10.3. The monoisotopic (exact) mass is 180 g/mol. The molecule has 0 radical (unpaired) electrons. The first kappa shape index (κ1) is 8.83. The van der Waals surface area contributed by atoms with Crippen molar-refractivity contribution in [3.05, 3.63) is 29.3 Å². The molecule has 0 fully saturated rings. The Bertz CT molecular complexity index is 311. The molecule has 0 heterocycles. The third-order valence-corrected chi connectivity index (χ3v) is 1.28. The van der Waals surface area contributed by atoms with Gasteiger partial charge in [0.15, 0.2) is 23.2 Å². The molecule has 12 heavy (non-hydrogen) atoms. The van der Waals surface area contributed by atoms with Crippen molar-refractivity contribution in [2.75, 3.05) is 7.11 Å². The van der Waals surface area contributed by atoms with Gasteiger partial charge in [0, 0.05) is 6.07 Å². The summed E-state index contributed by atoms with van der Waals surface area (Å²) in [5, 5.41) is 0. The Labute approximate surface area is 65.6 Å². The maximum absolute atomic E-state index is 12.5. The molecule has 1 rings (SSSR count). The highest BCUT2D eigenvalue weighted by atomic mass is 19.2. The summed E-state index contributed by atoms with van der Waals surface area (Å²) in [6, 6.07) is 0.219. The molecule has 0 bridgehead atoms. The molecule has 5 heteroatoms. The lowest BCUT2D eigenvalue weighted by molar-refractivity contribution is 0.335. The van der Waals surface area contributed by atoms with Crippen LogP contribution in [0, 0.1) is 23.3 Å². The number of halogens is 4. The second kappa shape index (κ2) is 3.00. The third-order valence-electron chi connectivity index (χ3n) is 1.28. The van der Waals surface area contributed by atoms with Crippen LogP contribution in [-0.2, 0) is 0 Å². The molecular weight excluding hydrogens is 176 g/mol. The molecule has 1 nitrogen and oxygen atoms in total. The molecule has 0 aliphatic rings. The van der Waals surface area contributed by atoms with E-state index < -0.39 is 29.0 Å². The quantitative estimate of drug-likeness (QED) is 0.366. The molecule has 0 aliphatic heterocycles.